The van der Waals surface area contributed by atoms with E-state index in [0.717, 1.165) is 43.9 Å². The Kier molecular flexibility index (Phi) is 13.2. The number of non-ortho nitro benzene ring substituents is 1. The number of methoxy groups -OCH3 is 1. The van der Waals surface area contributed by atoms with E-state index >= 15 is 0 Å². The van der Waals surface area contributed by atoms with Gasteiger partial charge in [-0.1, -0.05) is 43.2 Å². The number of piperazine rings is 1. The van der Waals surface area contributed by atoms with Gasteiger partial charge in [0, 0.05) is 48.7 Å². The number of aliphatic carboxylic acids is 2. The van der Waals surface area contributed by atoms with Gasteiger partial charge in [0.1, 0.15) is 5.75 Å². The number of carboxylic acid groups (broad SMARTS) is 2. The van der Waals surface area contributed by atoms with Crippen molar-refractivity contribution in [1.82, 2.24) is 15.5 Å². The number of rotatable bonds is 12. The number of hydrogen-bond donors (Lipinski definition) is 4. The van der Waals surface area contributed by atoms with Crippen LogP contribution < -0.4 is 15.4 Å². The van der Waals surface area contributed by atoms with E-state index in [1.807, 2.05) is 18.2 Å². The van der Waals surface area contributed by atoms with Crippen molar-refractivity contribution in [2.24, 2.45) is 0 Å². The predicted molar refractivity (Wildman–Crippen MR) is 172 cm³/mol. The molecule has 0 spiro atoms. The van der Waals surface area contributed by atoms with Gasteiger partial charge in [-0.05, 0) is 44.9 Å². The lowest BCUT2D eigenvalue weighted by molar-refractivity contribution is -0.385. The molecule has 2 aromatic carbocycles. The first-order valence-electron chi connectivity index (χ1n) is 14.1. The summed E-state index contributed by atoms with van der Waals surface area (Å²) in [5, 5.41) is 38.7. The van der Waals surface area contributed by atoms with Gasteiger partial charge in [-0.3, -0.25) is 15.0 Å². The number of carbonyl (C=O) groups is 2. The van der Waals surface area contributed by atoms with Crippen LogP contribution in [0.25, 0.3) is 0 Å². The summed E-state index contributed by atoms with van der Waals surface area (Å²) >= 11 is 0. The molecular weight excluding hydrogens is 611 g/mol. The lowest BCUT2D eigenvalue weighted by atomic mass is 9.63. The van der Waals surface area contributed by atoms with Crippen LogP contribution in [-0.2, 0) is 15.0 Å². The van der Waals surface area contributed by atoms with Crippen LogP contribution in [0, 0.1) is 10.1 Å². The van der Waals surface area contributed by atoms with Crippen LogP contribution >= 0.6 is 24.8 Å². The van der Waals surface area contributed by atoms with Crippen molar-refractivity contribution in [3.8, 4) is 5.75 Å². The topological polar surface area (TPSA) is 154 Å². The van der Waals surface area contributed by atoms with Gasteiger partial charge in [0.15, 0.2) is 0 Å². The second-order valence-electron chi connectivity index (χ2n) is 10.8. The summed E-state index contributed by atoms with van der Waals surface area (Å²) in [6.07, 6.45) is 2.21. The second-order valence-corrected chi connectivity index (χ2v) is 10.8. The minimum atomic E-state index is -1.57. The van der Waals surface area contributed by atoms with Gasteiger partial charge in [-0.2, -0.15) is 0 Å². The third-order valence-corrected chi connectivity index (χ3v) is 8.31. The molecule has 13 heteroatoms. The standard InChI is InChI=1S/C31H38N4O7.2ClH/c1-20-27(29(36)37)31(28(30(38)39)21(2)33-20,22-10-9-11-23(18-22)35(40)41)14-7-4-8-16-34-17-15-32-19-25(34)24-12-5-6-13-26(24)42-3;;/h5-6,9-13,18,25,32-33H,4,7-8,14-17,19H2,1-3H3,(H,36,37)(H,38,39);2*1H. The van der Waals surface area contributed by atoms with Gasteiger partial charge >= 0.3 is 11.9 Å². The maximum Gasteiger partial charge on any atom is 0.334 e. The molecule has 1 fully saturated rings. The molecule has 4 N–H and O–H groups in total. The average Bonchev–Trinajstić information content (AvgIpc) is 2.96. The van der Waals surface area contributed by atoms with Gasteiger partial charge in [-0.15, -0.1) is 24.8 Å². The predicted octanol–water partition coefficient (Wildman–Crippen LogP) is 5.21. The van der Waals surface area contributed by atoms with Crippen LogP contribution in [0.1, 0.15) is 56.7 Å². The number of para-hydroxylation sites is 1. The summed E-state index contributed by atoms with van der Waals surface area (Å²) in [6, 6.07) is 13.8. The highest BCUT2D eigenvalue weighted by Gasteiger charge is 2.50. The molecule has 0 radical (unpaired) electrons. The number of nitrogens with one attached hydrogen (secondary N) is 2. The van der Waals surface area contributed by atoms with Crippen LogP contribution in [0.4, 0.5) is 5.69 Å². The fraction of sp³-hybridized carbons (Fsp3) is 0.419. The van der Waals surface area contributed by atoms with E-state index in [9.17, 15) is 29.9 Å². The van der Waals surface area contributed by atoms with Gasteiger partial charge < -0.3 is 25.6 Å². The average molecular weight is 652 g/mol. The SMILES string of the molecule is COc1ccccc1C1CNCCN1CCCCCC1(c2cccc([N+](=O)[O-])c2)C(C(=O)O)=C(C)NC(C)=C1C(=O)O.Cl.Cl. The number of nitro groups is 1. The van der Waals surface area contributed by atoms with Gasteiger partial charge in [-0.25, -0.2) is 9.59 Å². The van der Waals surface area contributed by atoms with E-state index < -0.39 is 22.3 Å². The molecule has 0 bridgehead atoms. The van der Waals surface area contributed by atoms with E-state index in [0.29, 0.717) is 24.2 Å². The Labute approximate surface area is 269 Å². The number of unbranched alkanes of at least 4 members (excludes halogenated alkanes) is 2. The molecule has 2 aliphatic heterocycles. The van der Waals surface area contributed by atoms with Crippen molar-refractivity contribution in [3.63, 3.8) is 0 Å². The first kappa shape index (κ1) is 36.6. The number of nitrogens with zero attached hydrogens (tertiary/aromatic N) is 2. The van der Waals surface area contributed by atoms with Gasteiger partial charge in [0.25, 0.3) is 5.69 Å². The monoisotopic (exact) mass is 650 g/mol. The molecule has 1 unspecified atom stereocenters. The highest BCUT2D eigenvalue weighted by atomic mass is 35.5. The fourth-order valence-corrected chi connectivity index (χ4v) is 6.57. The van der Waals surface area contributed by atoms with Crippen molar-refractivity contribution in [2.45, 2.75) is 51.0 Å². The molecule has 2 aromatic rings. The van der Waals surface area contributed by atoms with E-state index in [1.54, 1.807) is 27.0 Å². The summed E-state index contributed by atoms with van der Waals surface area (Å²) in [4.78, 5) is 38.9. The molecule has 2 aliphatic rings. The first-order valence-corrected chi connectivity index (χ1v) is 14.1. The molecule has 44 heavy (non-hydrogen) atoms. The highest BCUT2D eigenvalue weighted by Crippen LogP contribution is 2.49. The molecule has 1 atom stereocenters. The van der Waals surface area contributed by atoms with Crippen molar-refractivity contribution < 1.29 is 29.5 Å². The zero-order chi connectivity index (χ0) is 30.4. The Hall–Kier alpha value is -3.64. The molecule has 11 nitrogen and oxygen atoms in total. The van der Waals surface area contributed by atoms with E-state index in [-0.39, 0.29) is 59.7 Å². The smallest absolute Gasteiger partial charge is 0.334 e. The van der Waals surface area contributed by atoms with Crippen LogP contribution in [-0.4, -0.2) is 65.3 Å². The Balaban J connectivity index is 0.00000337. The number of allylic oxidation sites excluding steroid dienone is 2. The first-order chi connectivity index (χ1) is 20.1. The number of benzene rings is 2. The molecule has 4 rings (SSSR count). The van der Waals surface area contributed by atoms with Crippen molar-refractivity contribution >= 4 is 42.4 Å². The third kappa shape index (κ3) is 7.35. The Bertz CT molecular complexity index is 1390. The Morgan fingerprint density at radius 3 is 2.30 bits per heavy atom. The molecule has 0 aromatic heterocycles. The van der Waals surface area contributed by atoms with E-state index in [2.05, 4.69) is 21.6 Å². The molecule has 240 valence electrons. The third-order valence-electron chi connectivity index (χ3n) is 8.31. The van der Waals surface area contributed by atoms with Crippen molar-refractivity contribution in [1.29, 1.82) is 0 Å². The molecule has 2 heterocycles. The second kappa shape index (κ2) is 15.9. The minimum Gasteiger partial charge on any atom is -0.496 e. The van der Waals surface area contributed by atoms with Crippen LogP contribution in [0.5, 0.6) is 5.75 Å². The summed E-state index contributed by atoms with van der Waals surface area (Å²) in [5.74, 6) is -1.69. The van der Waals surface area contributed by atoms with Gasteiger partial charge in [0.2, 0.25) is 0 Å². The van der Waals surface area contributed by atoms with E-state index in [4.69, 9.17) is 4.74 Å². The summed E-state index contributed by atoms with van der Waals surface area (Å²) in [6.45, 7) is 6.52. The molecule has 0 aliphatic carbocycles. The Morgan fingerprint density at radius 2 is 1.68 bits per heavy atom. The number of nitro benzene ring substituents is 1. The van der Waals surface area contributed by atoms with E-state index in [1.165, 1.54) is 18.2 Å². The van der Waals surface area contributed by atoms with Crippen LogP contribution in [0.2, 0.25) is 0 Å². The number of ether oxygens (including phenoxy) is 1. The quantitative estimate of drug-likeness (QED) is 0.137. The molecule has 0 amide bonds. The molecular formula is C31H40Cl2N4O7. The largest absolute Gasteiger partial charge is 0.496 e. The normalized spacial score (nSPS) is 18.0. The lowest BCUT2D eigenvalue weighted by Crippen LogP contribution is -2.46. The summed E-state index contributed by atoms with van der Waals surface area (Å²) in [7, 11) is 1.67. The summed E-state index contributed by atoms with van der Waals surface area (Å²) in [5.41, 5.74) is 0.0202. The molecule has 0 saturated carbocycles. The zero-order valence-electron chi connectivity index (χ0n) is 25.0. The fourth-order valence-electron chi connectivity index (χ4n) is 6.57. The highest BCUT2D eigenvalue weighted by molar-refractivity contribution is 6.00. The maximum absolute atomic E-state index is 12.7. The number of carboxylic acids is 2. The number of hydrogen-bond acceptors (Lipinski definition) is 8. The van der Waals surface area contributed by atoms with Crippen LogP contribution in [0.3, 0.4) is 0 Å². The summed E-state index contributed by atoms with van der Waals surface area (Å²) < 4.78 is 5.60. The number of dihydropyridines is 1. The lowest BCUT2D eigenvalue weighted by Gasteiger charge is -2.41. The Morgan fingerprint density at radius 1 is 1.02 bits per heavy atom. The zero-order valence-corrected chi connectivity index (χ0v) is 26.6. The number of halogens is 2. The van der Waals surface area contributed by atoms with Gasteiger partial charge in [0.05, 0.1) is 34.6 Å². The van der Waals surface area contributed by atoms with Crippen molar-refractivity contribution in [3.05, 3.63) is 92.3 Å². The van der Waals surface area contributed by atoms with Crippen LogP contribution in [0.15, 0.2) is 71.1 Å². The molecule has 1 saturated heterocycles. The minimum absolute atomic E-state index is 0. The maximum atomic E-state index is 12.7. The van der Waals surface area contributed by atoms with Crippen molar-refractivity contribution in [2.75, 3.05) is 33.3 Å².